The van der Waals surface area contributed by atoms with Gasteiger partial charge in [0.2, 0.25) is 0 Å². The third-order valence-electron chi connectivity index (χ3n) is 4.41. The topological polar surface area (TPSA) is 87.9 Å². The lowest BCUT2D eigenvalue weighted by Crippen LogP contribution is -2.39. The van der Waals surface area contributed by atoms with Gasteiger partial charge in [-0.3, -0.25) is 13.9 Å². The molecule has 0 N–H and O–H groups in total. The molecule has 1 aromatic carbocycles. The molecule has 3 heterocycles. The van der Waals surface area contributed by atoms with Crippen LogP contribution in [0.3, 0.4) is 0 Å². The van der Waals surface area contributed by atoms with E-state index in [0.29, 0.717) is 16.9 Å². The highest BCUT2D eigenvalue weighted by molar-refractivity contribution is 5.69. The molecule has 26 heavy (non-hydrogen) atoms. The molecule has 0 atom stereocenters. The number of benzene rings is 1. The van der Waals surface area contributed by atoms with Gasteiger partial charge in [0.15, 0.2) is 16.9 Å². The molecule has 0 aliphatic carbocycles. The van der Waals surface area contributed by atoms with Gasteiger partial charge in [-0.05, 0) is 12.5 Å². The monoisotopic (exact) mass is 351 g/mol. The van der Waals surface area contributed by atoms with Gasteiger partial charge in [0.25, 0.3) is 5.56 Å². The number of aromatic nitrogens is 5. The van der Waals surface area contributed by atoms with Crippen LogP contribution in [0.5, 0.6) is 0 Å². The molecule has 132 valence electrons. The molecule has 8 nitrogen and oxygen atoms in total. The van der Waals surface area contributed by atoms with E-state index in [4.69, 9.17) is 4.52 Å². The quantitative estimate of drug-likeness (QED) is 0.557. The number of fused-ring (bicyclic) bond motifs is 1. The lowest BCUT2D eigenvalue weighted by Gasteiger charge is -2.09. The molecule has 0 fully saturated rings. The van der Waals surface area contributed by atoms with Crippen LogP contribution in [0.4, 0.5) is 0 Å². The second-order valence-electron chi connectivity index (χ2n) is 6.29. The van der Waals surface area contributed by atoms with E-state index in [0.717, 1.165) is 16.8 Å². The van der Waals surface area contributed by atoms with E-state index < -0.39 is 5.69 Å². The van der Waals surface area contributed by atoms with E-state index in [-0.39, 0.29) is 12.1 Å². The number of imidazole rings is 1. The van der Waals surface area contributed by atoms with E-state index in [2.05, 4.69) is 10.1 Å². The molecule has 0 unspecified atom stereocenters. The van der Waals surface area contributed by atoms with Crippen LogP contribution in [0.2, 0.25) is 0 Å². The molecule has 0 spiro atoms. The molecule has 8 heteroatoms. The Labute approximate surface area is 147 Å². The van der Waals surface area contributed by atoms with Crippen molar-refractivity contribution >= 4 is 11.2 Å². The summed E-state index contributed by atoms with van der Waals surface area (Å²) in [6.07, 6.45) is 1.53. The molecular formula is C18H17N5O3. The fourth-order valence-electron chi connectivity index (χ4n) is 2.99. The van der Waals surface area contributed by atoms with Crippen LogP contribution in [0.25, 0.3) is 22.5 Å². The van der Waals surface area contributed by atoms with Gasteiger partial charge in [-0.15, -0.1) is 0 Å². The minimum absolute atomic E-state index is 0.183. The Morgan fingerprint density at radius 1 is 1.12 bits per heavy atom. The zero-order valence-electron chi connectivity index (χ0n) is 14.6. The zero-order valence-corrected chi connectivity index (χ0v) is 14.6. The number of hydrogen-bond donors (Lipinski definition) is 0. The average Bonchev–Trinajstić information content (AvgIpc) is 3.23. The van der Waals surface area contributed by atoms with E-state index in [1.807, 2.05) is 37.3 Å². The van der Waals surface area contributed by atoms with Gasteiger partial charge in [-0.1, -0.05) is 29.4 Å². The summed E-state index contributed by atoms with van der Waals surface area (Å²) in [6.45, 7) is 2.04. The SMILES string of the molecule is Cc1cc(-c2ccc(Cn3c(=O)c4c(ncn4C)n(C)c3=O)cc2)on1. The normalized spacial score (nSPS) is 11.3. The van der Waals surface area contributed by atoms with Gasteiger partial charge in [-0.2, -0.15) is 0 Å². The number of rotatable bonds is 3. The van der Waals surface area contributed by atoms with Gasteiger partial charge in [0.1, 0.15) is 0 Å². The fourth-order valence-corrected chi connectivity index (χ4v) is 2.99. The number of hydrogen-bond acceptors (Lipinski definition) is 5. The van der Waals surface area contributed by atoms with Gasteiger partial charge >= 0.3 is 5.69 Å². The van der Waals surface area contributed by atoms with Gasteiger partial charge < -0.3 is 9.09 Å². The van der Waals surface area contributed by atoms with Gasteiger partial charge in [0.05, 0.1) is 18.6 Å². The average molecular weight is 351 g/mol. The van der Waals surface area contributed by atoms with Crippen LogP contribution in [-0.4, -0.2) is 23.8 Å². The van der Waals surface area contributed by atoms with E-state index >= 15 is 0 Å². The van der Waals surface area contributed by atoms with Crippen LogP contribution in [0, 0.1) is 6.92 Å². The first-order valence-electron chi connectivity index (χ1n) is 8.09. The summed E-state index contributed by atoms with van der Waals surface area (Å²) in [7, 11) is 3.35. The Hall–Kier alpha value is -3.42. The van der Waals surface area contributed by atoms with Crippen LogP contribution in [0.15, 0.2) is 50.8 Å². The molecule has 4 aromatic rings. The van der Waals surface area contributed by atoms with Crippen molar-refractivity contribution in [3.8, 4) is 11.3 Å². The molecule has 3 aromatic heterocycles. The van der Waals surface area contributed by atoms with Crippen molar-refractivity contribution in [2.24, 2.45) is 14.1 Å². The van der Waals surface area contributed by atoms with Crippen molar-refractivity contribution in [3.05, 3.63) is 68.8 Å². The zero-order chi connectivity index (χ0) is 18.4. The second-order valence-corrected chi connectivity index (χ2v) is 6.29. The Morgan fingerprint density at radius 3 is 2.50 bits per heavy atom. The van der Waals surface area contributed by atoms with Crippen LogP contribution < -0.4 is 11.2 Å². The maximum atomic E-state index is 12.7. The predicted octanol–water partition coefficient (Wildman–Crippen LogP) is 1.45. The highest BCUT2D eigenvalue weighted by atomic mass is 16.5. The summed E-state index contributed by atoms with van der Waals surface area (Å²) in [5, 5.41) is 3.88. The minimum Gasteiger partial charge on any atom is -0.356 e. The number of nitrogens with zero attached hydrogens (tertiary/aromatic N) is 5. The predicted molar refractivity (Wildman–Crippen MR) is 96.0 cm³/mol. The largest absolute Gasteiger partial charge is 0.356 e. The standard InChI is InChI=1S/C18H17N5O3/c1-11-8-14(26-20-11)13-6-4-12(5-7-13)9-23-17(24)15-16(19-10-21(15)2)22(3)18(23)25/h4-8,10H,9H2,1-3H3. The molecule has 0 saturated heterocycles. The van der Waals surface area contributed by atoms with Crippen molar-refractivity contribution in [2.45, 2.75) is 13.5 Å². The fraction of sp³-hybridized carbons (Fsp3) is 0.222. The Morgan fingerprint density at radius 2 is 1.85 bits per heavy atom. The summed E-state index contributed by atoms with van der Waals surface area (Å²) in [5.74, 6) is 0.679. The van der Waals surface area contributed by atoms with Gasteiger partial charge in [0, 0.05) is 25.7 Å². The first-order chi connectivity index (χ1) is 12.5. The Kier molecular flexibility index (Phi) is 3.61. The Balaban J connectivity index is 1.75. The smallest absolute Gasteiger partial charge is 0.332 e. The second kappa shape index (κ2) is 5.83. The molecule has 0 bridgehead atoms. The molecule has 0 amide bonds. The number of aryl methyl sites for hydroxylation is 3. The molecular weight excluding hydrogens is 334 g/mol. The summed E-state index contributed by atoms with van der Waals surface area (Å²) in [5.41, 5.74) is 2.58. The highest BCUT2D eigenvalue weighted by Crippen LogP contribution is 2.20. The third kappa shape index (κ3) is 2.46. The summed E-state index contributed by atoms with van der Waals surface area (Å²) < 4.78 is 9.49. The maximum absolute atomic E-state index is 12.7. The first kappa shape index (κ1) is 16.1. The maximum Gasteiger partial charge on any atom is 0.332 e. The van der Waals surface area contributed by atoms with Crippen molar-refractivity contribution in [2.75, 3.05) is 0 Å². The van der Waals surface area contributed by atoms with Gasteiger partial charge in [-0.25, -0.2) is 9.78 Å². The minimum atomic E-state index is -0.392. The van der Waals surface area contributed by atoms with Crippen LogP contribution in [0.1, 0.15) is 11.3 Å². The lowest BCUT2D eigenvalue weighted by atomic mass is 10.1. The molecule has 0 aliphatic heterocycles. The van der Waals surface area contributed by atoms with Crippen LogP contribution in [-0.2, 0) is 20.6 Å². The van der Waals surface area contributed by atoms with Crippen molar-refractivity contribution in [1.29, 1.82) is 0 Å². The summed E-state index contributed by atoms with van der Waals surface area (Å²) in [6, 6.07) is 9.35. The molecule has 0 aliphatic rings. The molecule has 0 saturated carbocycles. The van der Waals surface area contributed by atoms with Crippen molar-refractivity contribution in [1.82, 2.24) is 23.8 Å². The highest BCUT2D eigenvalue weighted by Gasteiger charge is 2.15. The van der Waals surface area contributed by atoms with E-state index in [9.17, 15) is 9.59 Å². The molecule has 4 rings (SSSR count). The lowest BCUT2D eigenvalue weighted by molar-refractivity contribution is 0.427. The summed E-state index contributed by atoms with van der Waals surface area (Å²) in [4.78, 5) is 29.4. The van der Waals surface area contributed by atoms with Crippen LogP contribution >= 0.6 is 0 Å². The third-order valence-corrected chi connectivity index (χ3v) is 4.41. The Bertz CT molecular complexity index is 1220. The summed E-state index contributed by atoms with van der Waals surface area (Å²) >= 11 is 0. The van der Waals surface area contributed by atoms with E-state index in [1.54, 1.807) is 18.7 Å². The van der Waals surface area contributed by atoms with Crippen molar-refractivity contribution < 1.29 is 4.52 Å². The van der Waals surface area contributed by atoms with E-state index in [1.165, 1.54) is 15.5 Å². The first-order valence-corrected chi connectivity index (χ1v) is 8.09. The molecule has 0 radical (unpaired) electrons. The van der Waals surface area contributed by atoms with Crippen molar-refractivity contribution in [3.63, 3.8) is 0 Å².